The van der Waals surface area contributed by atoms with Crippen LogP contribution >= 0.6 is 22.7 Å². The molecule has 24 rings (SSSR count). The van der Waals surface area contributed by atoms with Gasteiger partial charge in [-0.2, -0.15) is 0 Å². The van der Waals surface area contributed by atoms with Crippen molar-refractivity contribution in [2.75, 3.05) is 9.80 Å². The Balaban J connectivity index is 0.000000135. The summed E-state index contributed by atoms with van der Waals surface area (Å²) in [5, 5.41) is 14.6. The Hall–Kier alpha value is -14.5. The molecule has 0 fully saturated rings. The predicted molar refractivity (Wildman–Crippen MR) is 470 cm³/mol. The molecule has 2 aliphatic rings. The van der Waals surface area contributed by atoms with Crippen LogP contribution in [0.5, 0.6) is 11.5 Å². The predicted octanol–water partition coefficient (Wildman–Crippen LogP) is 27.2. The Labute approximate surface area is 663 Å². The number of aromatic nitrogens is 8. The lowest BCUT2D eigenvalue weighted by atomic mass is 9.73. The number of hydrogen-bond donors (Lipinski definition) is 0. The van der Waals surface area contributed by atoms with Crippen molar-refractivity contribution in [3.8, 4) is 102 Å². The van der Waals surface area contributed by atoms with Crippen LogP contribution in [0.2, 0.25) is 0 Å². The third-order valence-electron chi connectivity index (χ3n) is 22.9. The van der Waals surface area contributed by atoms with E-state index >= 15 is 0 Å². The Morgan fingerprint density at radius 2 is 0.605 bits per heavy atom. The summed E-state index contributed by atoms with van der Waals surface area (Å²) in [5.41, 5.74) is 24.0. The van der Waals surface area contributed by atoms with Crippen molar-refractivity contribution in [2.45, 2.75) is 19.3 Å². The fourth-order valence-corrected chi connectivity index (χ4v) is 19.4. The van der Waals surface area contributed by atoms with Gasteiger partial charge in [0.15, 0.2) is 46.4 Å². The van der Waals surface area contributed by atoms with E-state index in [2.05, 4.69) is 298 Å². The Bertz CT molecular complexity index is 7500. The maximum atomic E-state index is 6.26. The van der Waals surface area contributed by atoms with Gasteiger partial charge in [-0.15, -0.1) is 22.7 Å². The van der Waals surface area contributed by atoms with Crippen molar-refractivity contribution < 1.29 is 4.74 Å². The molecule has 8 aromatic heterocycles. The van der Waals surface area contributed by atoms with E-state index < -0.39 is 0 Å². The Morgan fingerprint density at radius 1 is 0.254 bits per heavy atom. The van der Waals surface area contributed by atoms with Crippen LogP contribution in [0.1, 0.15) is 25.0 Å². The van der Waals surface area contributed by atoms with Crippen LogP contribution in [0.25, 0.3) is 165 Å². The number of rotatable bonds is 10. The standard InChI is InChI=1S/C52H35N5S.C49H29N5OS/c1-52(2)42-21-7-10-24-45(42)56(46-25-11-8-22-43(46)52)37-19-13-18-35(29-37)50-54-48(32-14-4-3-5-15-32)53-49(55-50)34-17-12-16-33(28-34)36-30-40-38-20-6-9-23-44(38)57-47(40)41(31-36)39-26-27-58-51(39)57;1-2-11-30(12-3-1)46-50-47(31-21-23-35(24-22-31)53-41-17-6-8-19-43(41)55-44-20-9-7-18-42(44)53)52-48(51-46)33-14-10-13-32(27-33)34-28-38-36-15-4-5-16-40(36)54-45(38)39(29-34)37-25-26-56-49(37)54/h3-31H,1-2H3;1-29H. The van der Waals surface area contributed by atoms with Gasteiger partial charge in [-0.25, -0.2) is 29.9 Å². The Morgan fingerprint density at radius 3 is 1.08 bits per heavy atom. The number of para-hydroxylation sites is 8. The second-order valence-electron chi connectivity index (χ2n) is 29.8. The number of benzene rings is 14. The van der Waals surface area contributed by atoms with Crippen molar-refractivity contribution in [1.82, 2.24) is 38.7 Å². The van der Waals surface area contributed by atoms with E-state index in [1.54, 1.807) is 22.7 Å². The molecule has 0 N–H and O–H groups in total. The molecule has 0 atom stereocenters. The van der Waals surface area contributed by atoms with Crippen molar-refractivity contribution in [1.29, 1.82) is 0 Å². The van der Waals surface area contributed by atoms with Gasteiger partial charge in [-0.3, -0.25) is 8.80 Å². The minimum atomic E-state index is -0.140. The number of hydrogen-bond acceptors (Lipinski definition) is 11. The summed E-state index contributed by atoms with van der Waals surface area (Å²) in [5.74, 6) is 5.40. The van der Waals surface area contributed by atoms with Gasteiger partial charge in [0.05, 0.1) is 44.8 Å². The average molecular weight is 1500 g/mol. The fourth-order valence-electron chi connectivity index (χ4n) is 17.6. The molecule has 0 radical (unpaired) electrons. The number of fused-ring (bicyclic) bond motifs is 16. The molecule has 13 heteroatoms. The summed E-state index contributed by atoms with van der Waals surface area (Å²) in [7, 11) is 0. The maximum absolute atomic E-state index is 6.26. The lowest BCUT2D eigenvalue weighted by Crippen LogP contribution is -2.30. The fraction of sp³-hybridized carbons (Fsp3) is 0.0297. The summed E-state index contributed by atoms with van der Waals surface area (Å²) >= 11 is 3.60. The summed E-state index contributed by atoms with van der Waals surface area (Å²) in [6.07, 6.45) is 0. The van der Waals surface area contributed by atoms with Gasteiger partial charge < -0.3 is 14.5 Å². The van der Waals surface area contributed by atoms with Crippen molar-refractivity contribution in [3.63, 3.8) is 0 Å². The molecule has 22 aromatic rings. The summed E-state index contributed by atoms with van der Waals surface area (Å²) < 4.78 is 11.1. The van der Waals surface area contributed by atoms with Crippen LogP contribution in [0.3, 0.4) is 0 Å². The molecule has 536 valence electrons. The van der Waals surface area contributed by atoms with Crippen LogP contribution in [0, 0.1) is 0 Å². The van der Waals surface area contributed by atoms with Gasteiger partial charge in [0.1, 0.15) is 9.66 Å². The monoisotopic (exact) mass is 1500 g/mol. The zero-order chi connectivity index (χ0) is 75.3. The maximum Gasteiger partial charge on any atom is 0.164 e. The molecular weight excluding hydrogens is 1430 g/mol. The normalized spacial score (nSPS) is 12.9. The highest BCUT2D eigenvalue weighted by atomic mass is 32.1. The van der Waals surface area contributed by atoms with E-state index in [4.69, 9.17) is 34.6 Å². The van der Waals surface area contributed by atoms with Crippen molar-refractivity contribution in [3.05, 3.63) is 362 Å². The van der Waals surface area contributed by atoms with E-state index in [1.165, 1.54) is 103 Å². The lowest BCUT2D eigenvalue weighted by Gasteiger charge is -2.42. The van der Waals surface area contributed by atoms with Gasteiger partial charge in [0, 0.05) is 93.3 Å². The van der Waals surface area contributed by atoms with E-state index in [9.17, 15) is 0 Å². The highest BCUT2D eigenvalue weighted by Crippen LogP contribution is 2.54. The number of thiophene rings is 2. The molecule has 0 bridgehead atoms. The highest BCUT2D eigenvalue weighted by molar-refractivity contribution is 7.17. The summed E-state index contributed by atoms with van der Waals surface area (Å²) in [6, 6.07) is 120. The van der Waals surface area contributed by atoms with Crippen LogP contribution in [-0.4, -0.2) is 38.7 Å². The minimum absolute atomic E-state index is 0.140. The van der Waals surface area contributed by atoms with Crippen LogP contribution < -0.4 is 14.5 Å². The smallest absolute Gasteiger partial charge is 0.164 e. The first kappa shape index (κ1) is 65.4. The van der Waals surface area contributed by atoms with Gasteiger partial charge in [0.2, 0.25) is 0 Å². The van der Waals surface area contributed by atoms with Gasteiger partial charge >= 0.3 is 0 Å². The highest BCUT2D eigenvalue weighted by Gasteiger charge is 2.37. The zero-order valence-corrected chi connectivity index (χ0v) is 63.3. The van der Waals surface area contributed by atoms with E-state index in [1.807, 2.05) is 84.9 Å². The molecular formula is C101H64N10OS2. The molecule has 2 aliphatic heterocycles. The molecule has 114 heavy (non-hydrogen) atoms. The molecule has 0 saturated heterocycles. The van der Waals surface area contributed by atoms with Crippen molar-refractivity contribution in [2.24, 2.45) is 0 Å². The van der Waals surface area contributed by atoms with E-state index in [-0.39, 0.29) is 5.41 Å². The molecule has 0 unspecified atom stereocenters. The van der Waals surface area contributed by atoms with Crippen LogP contribution in [0.4, 0.5) is 34.1 Å². The molecule has 10 heterocycles. The molecule has 0 saturated carbocycles. The molecule has 11 nitrogen and oxygen atoms in total. The minimum Gasteiger partial charge on any atom is -0.453 e. The van der Waals surface area contributed by atoms with Crippen LogP contribution in [-0.2, 0) is 5.41 Å². The molecule has 0 spiro atoms. The third kappa shape index (κ3) is 10.4. The summed E-state index contributed by atoms with van der Waals surface area (Å²) in [4.78, 5) is 38.0. The lowest BCUT2D eigenvalue weighted by molar-refractivity contribution is 0.477. The first-order valence-electron chi connectivity index (χ1n) is 38.3. The Kier molecular flexibility index (Phi) is 14.8. The van der Waals surface area contributed by atoms with E-state index in [0.29, 0.717) is 34.9 Å². The average Bonchev–Trinajstić information content (AvgIpc) is 1.51. The molecule has 0 amide bonds. The molecule has 0 aliphatic carbocycles. The van der Waals surface area contributed by atoms with E-state index in [0.717, 1.165) is 84.3 Å². The van der Waals surface area contributed by atoms with Gasteiger partial charge in [-0.1, -0.05) is 220 Å². The van der Waals surface area contributed by atoms with Crippen molar-refractivity contribution >= 4 is 132 Å². The van der Waals surface area contributed by atoms with Gasteiger partial charge in [0.25, 0.3) is 0 Å². The summed E-state index contributed by atoms with van der Waals surface area (Å²) in [6.45, 7) is 4.63. The first-order valence-corrected chi connectivity index (χ1v) is 40.0. The topological polar surface area (TPSA) is 102 Å². The third-order valence-corrected chi connectivity index (χ3v) is 24.7. The largest absolute Gasteiger partial charge is 0.453 e. The number of nitrogens with zero attached hydrogens (tertiary/aromatic N) is 10. The quantitative estimate of drug-likeness (QED) is 0.132. The second kappa shape index (κ2) is 25.8. The van der Waals surface area contributed by atoms with Crippen LogP contribution in [0.15, 0.2) is 350 Å². The number of ether oxygens (including phenoxy) is 1. The second-order valence-corrected chi connectivity index (χ2v) is 31.6. The number of anilines is 6. The molecule has 14 aromatic carbocycles. The van der Waals surface area contributed by atoms with Gasteiger partial charge in [-0.05, 0) is 178 Å². The SMILES string of the molecule is CC1(C)c2ccccc2N(c2cccc(-c3nc(-c4ccccc4)nc(-c4cccc(-c5cc6c7ccccc7n7c8sccc8c(c5)c67)c4)n3)c2)c2ccccc21.c1ccc(-c2nc(-c3ccc(N4c5ccccc5Oc5ccccc54)cc3)nc(-c3cccc(-c4cc5c6ccccc6n6c7sccc7c(c4)c56)c3)n2)cc1. The first-order chi connectivity index (χ1) is 56.3. The zero-order valence-electron chi connectivity index (χ0n) is 61.7.